The molecule has 0 aliphatic heterocycles. The molecule has 0 aliphatic carbocycles. The van der Waals surface area contributed by atoms with Gasteiger partial charge in [0.2, 0.25) is 0 Å². The Morgan fingerprint density at radius 3 is 2.61 bits per heavy atom. The number of halogens is 3. The number of hydrogen-bond acceptors (Lipinski definition) is 3. The summed E-state index contributed by atoms with van der Waals surface area (Å²) < 4.78 is 40.3. The van der Waals surface area contributed by atoms with Crippen LogP contribution < -0.4 is 5.32 Å². The van der Waals surface area contributed by atoms with E-state index in [1.807, 2.05) is 43.1 Å². The van der Waals surface area contributed by atoms with Crippen LogP contribution in [0, 0.1) is 6.92 Å². The van der Waals surface area contributed by atoms with E-state index in [1.54, 1.807) is 7.05 Å². The fraction of sp³-hybridized carbons (Fsp3) is 0.316. The van der Waals surface area contributed by atoms with Crippen LogP contribution in [-0.4, -0.2) is 39.6 Å². The van der Waals surface area contributed by atoms with Crippen molar-refractivity contribution in [2.45, 2.75) is 26.2 Å². The smallest absolute Gasteiger partial charge is 0.349 e. The number of aryl methyl sites for hydroxylation is 1. The lowest BCUT2D eigenvalue weighted by atomic mass is 10.1. The number of aromatic nitrogens is 3. The topological polar surface area (TPSA) is 57.8 Å². The molecule has 9 heteroatoms. The van der Waals surface area contributed by atoms with Crippen molar-refractivity contribution in [1.29, 1.82) is 0 Å². The van der Waals surface area contributed by atoms with Crippen LogP contribution in [0.1, 0.15) is 22.5 Å². The summed E-state index contributed by atoms with van der Waals surface area (Å²) >= 11 is 0. The first kappa shape index (κ1) is 19.7. The molecule has 0 bridgehead atoms. The van der Waals surface area contributed by atoms with E-state index in [-0.39, 0.29) is 6.54 Å². The van der Waals surface area contributed by atoms with Crippen LogP contribution in [0.3, 0.4) is 0 Å². The number of alkyl halides is 3. The van der Waals surface area contributed by atoms with Gasteiger partial charge in [-0.3, -0.25) is 9.39 Å². The molecule has 28 heavy (non-hydrogen) atoms. The average Bonchev–Trinajstić information content (AvgIpc) is 3.06. The highest BCUT2D eigenvalue weighted by Gasteiger charge is 2.31. The molecule has 2 aromatic heterocycles. The molecule has 148 valence electrons. The van der Waals surface area contributed by atoms with Gasteiger partial charge in [0.05, 0.1) is 12.1 Å². The standard InChI is InChI=1S/C19H21F3N6/c1-13-6-4-5-7-14(13)11-27(3)18(23-2)24-10-17-26-25-16-9-8-15(12-28(16)17)19(20,21)22/h4-9,12H,10-11H2,1-3H3,(H,23,24). The quantitative estimate of drug-likeness (QED) is 0.549. The molecule has 3 rings (SSSR count). The molecule has 0 saturated heterocycles. The highest BCUT2D eigenvalue weighted by Crippen LogP contribution is 2.29. The van der Waals surface area contributed by atoms with Crippen LogP contribution in [-0.2, 0) is 19.3 Å². The summed E-state index contributed by atoms with van der Waals surface area (Å²) in [6.45, 7) is 2.87. The fourth-order valence-electron chi connectivity index (χ4n) is 2.89. The Hall–Kier alpha value is -3.10. The van der Waals surface area contributed by atoms with Gasteiger partial charge < -0.3 is 10.2 Å². The van der Waals surface area contributed by atoms with E-state index in [1.165, 1.54) is 16.0 Å². The Morgan fingerprint density at radius 2 is 1.93 bits per heavy atom. The lowest BCUT2D eigenvalue weighted by Gasteiger charge is -2.22. The van der Waals surface area contributed by atoms with Crippen molar-refractivity contribution in [2.24, 2.45) is 4.99 Å². The molecule has 0 aliphatic rings. The SMILES string of the molecule is CN=C(NCc1nnc2ccc(C(F)(F)F)cn12)N(C)Cc1ccccc1C. The van der Waals surface area contributed by atoms with Gasteiger partial charge in [-0.1, -0.05) is 24.3 Å². The van der Waals surface area contributed by atoms with Gasteiger partial charge in [-0.25, -0.2) is 0 Å². The van der Waals surface area contributed by atoms with Gasteiger partial charge in [-0.2, -0.15) is 13.2 Å². The highest BCUT2D eigenvalue weighted by molar-refractivity contribution is 5.79. The van der Waals surface area contributed by atoms with E-state index in [4.69, 9.17) is 0 Å². The summed E-state index contributed by atoms with van der Waals surface area (Å²) in [4.78, 5) is 6.18. The zero-order valence-corrected chi connectivity index (χ0v) is 15.8. The van der Waals surface area contributed by atoms with Crippen LogP contribution >= 0.6 is 0 Å². The maximum Gasteiger partial charge on any atom is 0.417 e. The molecule has 6 nitrogen and oxygen atoms in total. The molecule has 0 fully saturated rings. The molecule has 1 N–H and O–H groups in total. The minimum Gasteiger partial charge on any atom is -0.349 e. The minimum absolute atomic E-state index is 0.188. The van der Waals surface area contributed by atoms with E-state index in [2.05, 4.69) is 20.5 Å². The molecule has 1 aromatic carbocycles. The molecule has 0 spiro atoms. The normalized spacial score (nSPS) is 12.4. The molecule has 3 aromatic rings. The third kappa shape index (κ3) is 4.24. The van der Waals surface area contributed by atoms with Gasteiger partial charge in [0, 0.05) is 26.8 Å². The van der Waals surface area contributed by atoms with Crippen molar-refractivity contribution >= 4 is 11.6 Å². The van der Waals surface area contributed by atoms with Crippen LogP contribution in [0.25, 0.3) is 5.65 Å². The first-order valence-corrected chi connectivity index (χ1v) is 8.66. The summed E-state index contributed by atoms with van der Waals surface area (Å²) in [7, 11) is 3.55. The van der Waals surface area contributed by atoms with E-state index >= 15 is 0 Å². The van der Waals surface area contributed by atoms with E-state index in [9.17, 15) is 13.2 Å². The molecule has 2 heterocycles. The molecular weight excluding hydrogens is 369 g/mol. The molecule has 0 unspecified atom stereocenters. The number of aliphatic imine (C=N–C) groups is 1. The maximum atomic E-state index is 13.0. The van der Waals surface area contributed by atoms with Crippen molar-refractivity contribution in [3.8, 4) is 0 Å². The maximum absolute atomic E-state index is 13.0. The Labute approximate surface area is 160 Å². The highest BCUT2D eigenvalue weighted by atomic mass is 19.4. The molecule has 0 radical (unpaired) electrons. The second-order valence-corrected chi connectivity index (χ2v) is 6.44. The monoisotopic (exact) mass is 390 g/mol. The number of rotatable bonds is 4. The summed E-state index contributed by atoms with van der Waals surface area (Å²) in [5.41, 5.74) is 1.94. The second kappa shape index (κ2) is 7.87. The summed E-state index contributed by atoms with van der Waals surface area (Å²) in [6, 6.07) is 10.3. The minimum atomic E-state index is -4.42. The number of benzene rings is 1. The summed E-state index contributed by atoms with van der Waals surface area (Å²) in [5, 5.41) is 11.0. The Bertz CT molecular complexity index is 993. The zero-order chi connectivity index (χ0) is 20.3. The number of guanidine groups is 1. The molecule has 0 amide bonds. The van der Waals surface area contributed by atoms with Gasteiger partial charge in [0.15, 0.2) is 17.4 Å². The number of fused-ring (bicyclic) bond motifs is 1. The van der Waals surface area contributed by atoms with Crippen molar-refractivity contribution in [1.82, 2.24) is 24.8 Å². The van der Waals surface area contributed by atoms with Gasteiger partial charge in [-0.05, 0) is 30.2 Å². The fourth-order valence-corrected chi connectivity index (χ4v) is 2.89. The van der Waals surface area contributed by atoms with Crippen LogP contribution in [0.5, 0.6) is 0 Å². The predicted molar refractivity (Wildman–Crippen MR) is 101 cm³/mol. The third-order valence-corrected chi connectivity index (χ3v) is 4.45. The van der Waals surface area contributed by atoms with E-state index < -0.39 is 11.7 Å². The molecular formula is C19H21F3N6. The molecule has 0 atom stereocenters. The van der Waals surface area contributed by atoms with E-state index in [0.717, 1.165) is 17.8 Å². The Morgan fingerprint density at radius 1 is 1.18 bits per heavy atom. The molecule has 0 saturated carbocycles. The number of nitrogens with one attached hydrogen (secondary N) is 1. The van der Waals surface area contributed by atoms with Gasteiger partial charge in [0.1, 0.15) is 0 Å². The van der Waals surface area contributed by atoms with Gasteiger partial charge in [-0.15, -0.1) is 10.2 Å². The zero-order valence-electron chi connectivity index (χ0n) is 15.8. The first-order valence-electron chi connectivity index (χ1n) is 8.66. The number of nitrogens with zero attached hydrogens (tertiary/aromatic N) is 5. The lowest BCUT2D eigenvalue weighted by molar-refractivity contribution is -0.137. The van der Waals surface area contributed by atoms with Crippen molar-refractivity contribution in [2.75, 3.05) is 14.1 Å². The van der Waals surface area contributed by atoms with E-state index in [0.29, 0.717) is 24.0 Å². The first-order chi connectivity index (χ1) is 13.3. The van der Waals surface area contributed by atoms with Crippen molar-refractivity contribution in [3.05, 3.63) is 65.1 Å². The third-order valence-electron chi connectivity index (χ3n) is 4.45. The van der Waals surface area contributed by atoms with Crippen LogP contribution in [0.2, 0.25) is 0 Å². The Balaban J connectivity index is 1.74. The number of pyridine rings is 1. The van der Waals surface area contributed by atoms with Crippen molar-refractivity contribution < 1.29 is 13.2 Å². The van der Waals surface area contributed by atoms with Gasteiger partial charge in [0.25, 0.3) is 0 Å². The number of hydrogen-bond donors (Lipinski definition) is 1. The van der Waals surface area contributed by atoms with Crippen LogP contribution in [0.4, 0.5) is 13.2 Å². The largest absolute Gasteiger partial charge is 0.417 e. The van der Waals surface area contributed by atoms with Gasteiger partial charge >= 0.3 is 6.18 Å². The second-order valence-electron chi connectivity index (χ2n) is 6.44. The predicted octanol–water partition coefficient (Wildman–Crippen LogP) is 3.26. The van der Waals surface area contributed by atoms with Crippen LogP contribution in [0.15, 0.2) is 47.6 Å². The Kier molecular flexibility index (Phi) is 5.53. The van der Waals surface area contributed by atoms with Crippen molar-refractivity contribution in [3.63, 3.8) is 0 Å². The average molecular weight is 390 g/mol. The lowest BCUT2D eigenvalue weighted by Crippen LogP contribution is -2.38. The summed E-state index contributed by atoms with van der Waals surface area (Å²) in [6.07, 6.45) is -3.42. The summed E-state index contributed by atoms with van der Waals surface area (Å²) in [5.74, 6) is 0.971.